The van der Waals surface area contributed by atoms with E-state index in [-0.39, 0.29) is 17.8 Å². The summed E-state index contributed by atoms with van der Waals surface area (Å²) in [5, 5.41) is 0. The van der Waals surface area contributed by atoms with Crippen molar-refractivity contribution in [2.45, 2.75) is 20.3 Å². The van der Waals surface area contributed by atoms with Crippen molar-refractivity contribution in [1.82, 2.24) is 0 Å². The molecule has 0 amide bonds. The van der Waals surface area contributed by atoms with Gasteiger partial charge in [0.1, 0.15) is 11.6 Å². The van der Waals surface area contributed by atoms with Crippen LogP contribution in [0.15, 0.2) is 36.4 Å². The maximum Gasteiger partial charge on any atom is 0.170 e. The Hall–Kier alpha value is -2.16. The second kappa shape index (κ2) is 5.87. The third-order valence-corrected chi connectivity index (χ3v) is 3.21. The largest absolute Gasteiger partial charge is 0.496 e. The van der Waals surface area contributed by atoms with Crippen LogP contribution in [0.25, 0.3) is 0 Å². The first-order valence-corrected chi connectivity index (χ1v) is 6.44. The van der Waals surface area contributed by atoms with E-state index in [1.165, 1.54) is 12.1 Å². The van der Waals surface area contributed by atoms with Crippen molar-refractivity contribution >= 4 is 5.78 Å². The Balaban J connectivity index is 2.30. The number of Topliss-reactive ketones (excluding diaryl/α,β-unsaturated/α-hetero) is 1. The van der Waals surface area contributed by atoms with Crippen LogP contribution in [0.2, 0.25) is 0 Å². The first kappa shape index (κ1) is 14.3. The van der Waals surface area contributed by atoms with Gasteiger partial charge < -0.3 is 4.74 Å². The monoisotopic (exact) mass is 272 g/mol. The van der Waals surface area contributed by atoms with Gasteiger partial charge in [-0.05, 0) is 37.6 Å². The molecule has 104 valence electrons. The van der Waals surface area contributed by atoms with Crippen LogP contribution < -0.4 is 4.74 Å². The lowest BCUT2D eigenvalue weighted by Crippen LogP contribution is -2.07. The molecule has 0 N–H and O–H groups in total. The second-order valence-electron chi connectivity index (χ2n) is 4.90. The molecule has 0 fully saturated rings. The summed E-state index contributed by atoms with van der Waals surface area (Å²) in [6.07, 6.45) is 0.130. The van der Waals surface area contributed by atoms with E-state index in [4.69, 9.17) is 4.74 Å². The predicted molar refractivity (Wildman–Crippen MR) is 76.9 cm³/mol. The van der Waals surface area contributed by atoms with Crippen molar-refractivity contribution in [3.8, 4) is 5.75 Å². The molecule has 0 unspecified atom stereocenters. The van der Waals surface area contributed by atoms with Gasteiger partial charge in [-0.25, -0.2) is 4.39 Å². The van der Waals surface area contributed by atoms with Crippen LogP contribution in [0.4, 0.5) is 4.39 Å². The molecule has 0 aromatic heterocycles. The van der Waals surface area contributed by atoms with Crippen molar-refractivity contribution < 1.29 is 13.9 Å². The number of ketones is 1. The molecule has 20 heavy (non-hydrogen) atoms. The maximum atomic E-state index is 13.8. The Morgan fingerprint density at radius 2 is 1.75 bits per heavy atom. The number of carbonyl (C=O) groups is 1. The third-order valence-electron chi connectivity index (χ3n) is 3.21. The molecule has 0 bridgehead atoms. The van der Waals surface area contributed by atoms with Crippen LogP contribution in [-0.2, 0) is 6.42 Å². The summed E-state index contributed by atoms with van der Waals surface area (Å²) in [6.45, 7) is 3.74. The fourth-order valence-corrected chi connectivity index (χ4v) is 2.16. The molecule has 2 nitrogen and oxygen atoms in total. The maximum absolute atomic E-state index is 13.8. The number of methoxy groups -OCH3 is 1. The lowest BCUT2D eigenvalue weighted by molar-refractivity contribution is 0.0988. The fraction of sp³-hybridized carbons (Fsp3) is 0.235. The lowest BCUT2D eigenvalue weighted by atomic mass is 9.99. The number of carbonyl (C=O) groups excluding carboxylic acids is 1. The van der Waals surface area contributed by atoms with Crippen LogP contribution in [0.1, 0.15) is 27.0 Å². The average molecular weight is 272 g/mol. The Labute approximate surface area is 118 Å². The fourth-order valence-electron chi connectivity index (χ4n) is 2.16. The zero-order valence-electron chi connectivity index (χ0n) is 11.9. The number of aryl methyl sites for hydroxylation is 2. The second-order valence-corrected chi connectivity index (χ2v) is 4.90. The zero-order valence-corrected chi connectivity index (χ0v) is 11.9. The molecule has 0 atom stereocenters. The highest BCUT2D eigenvalue weighted by Gasteiger charge is 2.15. The molecular formula is C17H17FO2. The molecule has 2 rings (SSSR count). The Kier molecular flexibility index (Phi) is 4.18. The molecule has 0 saturated heterocycles. The van der Waals surface area contributed by atoms with Crippen LogP contribution in [0, 0.1) is 19.7 Å². The first-order valence-electron chi connectivity index (χ1n) is 6.44. The highest BCUT2D eigenvalue weighted by atomic mass is 19.1. The highest BCUT2D eigenvalue weighted by Crippen LogP contribution is 2.22. The van der Waals surface area contributed by atoms with E-state index in [0.29, 0.717) is 5.75 Å². The topological polar surface area (TPSA) is 26.3 Å². The van der Waals surface area contributed by atoms with Crippen molar-refractivity contribution in [1.29, 1.82) is 0 Å². The molecule has 0 aliphatic carbocycles. The molecule has 0 aliphatic rings. The zero-order chi connectivity index (χ0) is 14.7. The Bertz CT molecular complexity index is 647. The number of hydrogen-bond acceptors (Lipinski definition) is 2. The quantitative estimate of drug-likeness (QED) is 0.790. The van der Waals surface area contributed by atoms with Crippen LogP contribution >= 0.6 is 0 Å². The predicted octanol–water partition coefficient (Wildman–Crippen LogP) is 3.88. The molecule has 0 radical (unpaired) electrons. The van der Waals surface area contributed by atoms with Crippen LogP contribution in [0.3, 0.4) is 0 Å². The van der Waals surface area contributed by atoms with Gasteiger partial charge in [0.15, 0.2) is 5.78 Å². The van der Waals surface area contributed by atoms with Crippen LogP contribution in [0.5, 0.6) is 5.75 Å². The number of hydrogen-bond donors (Lipinski definition) is 0. The SMILES string of the molecule is COc1ccc(C)cc1CC(=O)c1ccc(C)cc1F. The van der Waals surface area contributed by atoms with E-state index >= 15 is 0 Å². The summed E-state index contributed by atoms with van der Waals surface area (Å²) in [4.78, 5) is 12.2. The van der Waals surface area contributed by atoms with Gasteiger partial charge in [-0.2, -0.15) is 0 Å². The van der Waals surface area contributed by atoms with E-state index in [2.05, 4.69) is 0 Å². The molecular weight excluding hydrogens is 255 g/mol. The standard InChI is InChI=1S/C17H17FO2/c1-11-5-7-17(20-3)13(8-11)10-16(19)14-6-4-12(2)9-15(14)18/h4-9H,10H2,1-3H3. The molecule has 2 aromatic rings. The summed E-state index contributed by atoms with van der Waals surface area (Å²) in [5.41, 5.74) is 2.74. The van der Waals surface area contributed by atoms with Gasteiger partial charge in [-0.3, -0.25) is 4.79 Å². The number of halogens is 1. The van der Waals surface area contributed by atoms with Gasteiger partial charge >= 0.3 is 0 Å². The van der Waals surface area contributed by atoms with E-state index in [1.807, 2.05) is 25.1 Å². The normalized spacial score (nSPS) is 10.4. The summed E-state index contributed by atoms with van der Waals surface area (Å²) < 4.78 is 19.1. The molecule has 0 heterocycles. The number of ether oxygens (including phenoxy) is 1. The Morgan fingerprint density at radius 1 is 1.10 bits per heavy atom. The average Bonchev–Trinajstić information content (AvgIpc) is 2.38. The minimum absolute atomic E-state index is 0.124. The van der Waals surface area contributed by atoms with Gasteiger partial charge in [0.2, 0.25) is 0 Å². The first-order chi connectivity index (χ1) is 9.51. The molecule has 0 spiro atoms. The minimum Gasteiger partial charge on any atom is -0.496 e. The van der Waals surface area contributed by atoms with Gasteiger partial charge in [-0.15, -0.1) is 0 Å². The van der Waals surface area contributed by atoms with E-state index < -0.39 is 5.82 Å². The van der Waals surface area contributed by atoms with Gasteiger partial charge in [0.05, 0.1) is 12.7 Å². The number of rotatable bonds is 4. The van der Waals surface area contributed by atoms with Crippen molar-refractivity contribution in [3.05, 3.63) is 64.5 Å². The Morgan fingerprint density at radius 3 is 2.40 bits per heavy atom. The third kappa shape index (κ3) is 3.05. The van der Waals surface area contributed by atoms with Gasteiger partial charge in [0.25, 0.3) is 0 Å². The lowest BCUT2D eigenvalue weighted by Gasteiger charge is -2.09. The van der Waals surface area contributed by atoms with Crippen molar-refractivity contribution in [3.63, 3.8) is 0 Å². The van der Waals surface area contributed by atoms with Gasteiger partial charge in [-0.1, -0.05) is 23.8 Å². The minimum atomic E-state index is -0.471. The van der Waals surface area contributed by atoms with E-state index in [1.54, 1.807) is 20.1 Å². The summed E-state index contributed by atoms with van der Waals surface area (Å²) in [5.74, 6) is -0.0653. The van der Waals surface area contributed by atoms with E-state index in [0.717, 1.165) is 16.7 Å². The number of benzene rings is 2. The molecule has 0 aliphatic heterocycles. The van der Waals surface area contributed by atoms with Crippen molar-refractivity contribution in [2.24, 2.45) is 0 Å². The van der Waals surface area contributed by atoms with E-state index in [9.17, 15) is 9.18 Å². The summed E-state index contributed by atoms with van der Waals surface area (Å²) >= 11 is 0. The van der Waals surface area contributed by atoms with Crippen LogP contribution in [-0.4, -0.2) is 12.9 Å². The molecule has 0 saturated carbocycles. The summed E-state index contributed by atoms with van der Waals surface area (Å²) in [6, 6.07) is 10.3. The highest BCUT2D eigenvalue weighted by molar-refractivity contribution is 5.98. The van der Waals surface area contributed by atoms with Crippen molar-refractivity contribution in [2.75, 3.05) is 7.11 Å². The molecule has 2 aromatic carbocycles. The molecule has 3 heteroatoms. The smallest absolute Gasteiger partial charge is 0.170 e. The van der Waals surface area contributed by atoms with Gasteiger partial charge in [0, 0.05) is 12.0 Å². The summed E-state index contributed by atoms with van der Waals surface area (Å²) in [7, 11) is 1.56.